The molecule has 0 bridgehead atoms. The van der Waals surface area contributed by atoms with Crippen LogP contribution in [-0.2, 0) is 0 Å². The fourth-order valence-electron chi connectivity index (χ4n) is 1.13. The van der Waals surface area contributed by atoms with Gasteiger partial charge in [-0.25, -0.2) is 0 Å². The number of nitriles is 1. The van der Waals surface area contributed by atoms with Crippen molar-refractivity contribution in [3.8, 4) is 6.07 Å². The maximum atomic E-state index is 9.30. The van der Waals surface area contributed by atoms with Crippen LogP contribution >= 0.6 is 11.6 Å². The van der Waals surface area contributed by atoms with E-state index < -0.39 is 12.1 Å². The SMILES string of the molecule is CC(O)C(N)c1cc(C#N)ccc1Cl. The monoisotopic (exact) mass is 210 g/mol. The highest BCUT2D eigenvalue weighted by molar-refractivity contribution is 6.31. The molecule has 3 N–H and O–H groups in total. The molecule has 0 spiro atoms. The van der Waals surface area contributed by atoms with Gasteiger partial charge in [0.15, 0.2) is 0 Å². The molecular formula is C10H11ClN2O. The van der Waals surface area contributed by atoms with Crippen LogP contribution in [0.2, 0.25) is 5.02 Å². The predicted molar refractivity (Wildman–Crippen MR) is 54.8 cm³/mol. The minimum Gasteiger partial charge on any atom is -0.391 e. The van der Waals surface area contributed by atoms with E-state index in [1.54, 1.807) is 25.1 Å². The van der Waals surface area contributed by atoms with Crippen LogP contribution in [0.25, 0.3) is 0 Å². The Bertz CT molecular complexity index is 371. The average Bonchev–Trinajstić information content (AvgIpc) is 2.17. The molecule has 0 aliphatic heterocycles. The predicted octanol–water partition coefficient (Wildman–Crippen LogP) is 1.59. The van der Waals surface area contributed by atoms with Crippen molar-refractivity contribution in [2.45, 2.75) is 19.1 Å². The Morgan fingerprint density at radius 2 is 2.21 bits per heavy atom. The van der Waals surface area contributed by atoms with Crippen LogP contribution in [0.15, 0.2) is 18.2 Å². The maximum Gasteiger partial charge on any atom is 0.0991 e. The Morgan fingerprint density at radius 1 is 1.57 bits per heavy atom. The first-order valence-electron chi connectivity index (χ1n) is 4.19. The largest absolute Gasteiger partial charge is 0.391 e. The number of aliphatic hydroxyl groups is 1. The van der Waals surface area contributed by atoms with Gasteiger partial charge in [0.05, 0.1) is 23.8 Å². The van der Waals surface area contributed by atoms with E-state index in [0.29, 0.717) is 16.1 Å². The summed E-state index contributed by atoms with van der Waals surface area (Å²) in [4.78, 5) is 0. The second-order valence-electron chi connectivity index (χ2n) is 3.11. The summed E-state index contributed by atoms with van der Waals surface area (Å²) < 4.78 is 0. The molecule has 2 unspecified atom stereocenters. The zero-order valence-corrected chi connectivity index (χ0v) is 8.49. The second-order valence-corrected chi connectivity index (χ2v) is 3.52. The Balaban J connectivity index is 3.13. The number of aliphatic hydroxyl groups excluding tert-OH is 1. The third-order valence-corrected chi connectivity index (χ3v) is 2.35. The molecule has 1 aromatic carbocycles. The lowest BCUT2D eigenvalue weighted by Crippen LogP contribution is -2.23. The molecule has 0 radical (unpaired) electrons. The molecule has 0 amide bonds. The second kappa shape index (κ2) is 4.43. The van der Waals surface area contributed by atoms with Gasteiger partial charge in [-0.2, -0.15) is 5.26 Å². The fourth-order valence-corrected chi connectivity index (χ4v) is 1.37. The molecule has 0 heterocycles. The minimum absolute atomic E-state index is 0.470. The van der Waals surface area contributed by atoms with Gasteiger partial charge in [-0.15, -0.1) is 0 Å². The summed E-state index contributed by atoms with van der Waals surface area (Å²) in [6.45, 7) is 1.58. The van der Waals surface area contributed by atoms with E-state index in [0.717, 1.165) is 0 Å². The van der Waals surface area contributed by atoms with Crippen LogP contribution in [0.3, 0.4) is 0 Å². The first-order valence-corrected chi connectivity index (χ1v) is 4.57. The van der Waals surface area contributed by atoms with E-state index in [1.165, 1.54) is 0 Å². The summed E-state index contributed by atoms with van der Waals surface area (Å²) in [6, 6.07) is 6.25. The van der Waals surface area contributed by atoms with Crippen molar-refractivity contribution in [2.24, 2.45) is 5.73 Å². The van der Waals surface area contributed by atoms with E-state index in [9.17, 15) is 5.11 Å². The zero-order chi connectivity index (χ0) is 10.7. The van der Waals surface area contributed by atoms with Gasteiger partial charge in [-0.05, 0) is 30.7 Å². The van der Waals surface area contributed by atoms with Gasteiger partial charge in [0.25, 0.3) is 0 Å². The molecule has 2 atom stereocenters. The minimum atomic E-state index is -0.693. The number of nitrogens with two attached hydrogens (primary N) is 1. The fraction of sp³-hybridized carbons (Fsp3) is 0.300. The van der Waals surface area contributed by atoms with Gasteiger partial charge in [0.2, 0.25) is 0 Å². The summed E-state index contributed by atoms with van der Waals surface area (Å²) in [5, 5.41) is 18.4. The van der Waals surface area contributed by atoms with E-state index in [4.69, 9.17) is 22.6 Å². The summed E-state index contributed by atoms with van der Waals surface area (Å²) in [6.07, 6.45) is -0.693. The Kier molecular flexibility index (Phi) is 3.48. The molecule has 1 rings (SSSR count). The number of benzene rings is 1. The standard InChI is InChI=1S/C10H11ClN2O/c1-6(14)10(13)8-4-7(5-12)2-3-9(8)11/h2-4,6,10,14H,13H2,1H3. The van der Waals surface area contributed by atoms with Crippen molar-refractivity contribution in [3.05, 3.63) is 34.3 Å². The molecule has 0 saturated heterocycles. The molecule has 14 heavy (non-hydrogen) atoms. The third-order valence-electron chi connectivity index (χ3n) is 2.00. The summed E-state index contributed by atoms with van der Waals surface area (Å²) in [5.41, 5.74) is 6.80. The average molecular weight is 211 g/mol. The first-order chi connectivity index (χ1) is 6.56. The van der Waals surface area contributed by atoms with E-state index in [1.807, 2.05) is 6.07 Å². The quantitative estimate of drug-likeness (QED) is 0.779. The van der Waals surface area contributed by atoms with Crippen molar-refractivity contribution in [3.63, 3.8) is 0 Å². The van der Waals surface area contributed by atoms with Gasteiger partial charge >= 0.3 is 0 Å². The number of rotatable bonds is 2. The zero-order valence-electron chi connectivity index (χ0n) is 7.74. The van der Waals surface area contributed by atoms with Crippen LogP contribution < -0.4 is 5.73 Å². The summed E-state index contributed by atoms with van der Waals surface area (Å²) in [5.74, 6) is 0. The van der Waals surface area contributed by atoms with Gasteiger partial charge in [0, 0.05) is 5.02 Å². The lowest BCUT2D eigenvalue weighted by atomic mass is 10.0. The van der Waals surface area contributed by atoms with Crippen molar-refractivity contribution < 1.29 is 5.11 Å². The summed E-state index contributed by atoms with van der Waals surface area (Å²) >= 11 is 5.89. The summed E-state index contributed by atoms with van der Waals surface area (Å²) in [7, 11) is 0. The molecule has 0 fully saturated rings. The molecule has 1 aromatic rings. The molecule has 74 valence electrons. The van der Waals surface area contributed by atoms with E-state index in [-0.39, 0.29) is 0 Å². The number of hydrogen-bond donors (Lipinski definition) is 2. The highest BCUT2D eigenvalue weighted by Crippen LogP contribution is 2.24. The maximum absolute atomic E-state index is 9.30. The van der Waals surface area contributed by atoms with Crippen molar-refractivity contribution in [1.82, 2.24) is 0 Å². The smallest absolute Gasteiger partial charge is 0.0991 e. The lowest BCUT2D eigenvalue weighted by molar-refractivity contribution is 0.164. The topological polar surface area (TPSA) is 70.0 Å². The Labute approximate surface area is 87.7 Å². The lowest BCUT2D eigenvalue weighted by Gasteiger charge is -2.16. The van der Waals surface area contributed by atoms with Gasteiger partial charge in [-0.1, -0.05) is 11.6 Å². The molecule has 0 saturated carbocycles. The van der Waals surface area contributed by atoms with Crippen LogP contribution in [0.1, 0.15) is 24.1 Å². The number of nitrogens with zero attached hydrogens (tertiary/aromatic N) is 1. The van der Waals surface area contributed by atoms with Crippen LogP contribution in [0.5, 0.6) is 0 Å². The molecule has 0 aromatic heterocycles. The number of hydrogen-bond acceptors (Lipinski definition) is 3. The molecule has 0 aliphatic rings. The molecule has 4 heteroatoms. The first kappa shape index (κ1) is 11.0. The Morgan fingerprint density at radius 3 is 2.71 bits per heavy atom. The Hall–Kier alpha value is -1.08. The molecular weight excluding hydrogens is 200 g/mol. The van der Waals surface area contributed by atoms with Crippen molar-refractivity contribution in [1.29, 1.82) is 5.26 Å². The highest BCUT2D eigenvalue weighted by atomic mass is 35.5. The van der Waals surface area contributed by atoms with Crippen molar-refractivity contribution in [2.75, 3.05) is 0 Å². The van der Waals surface area contributed by atoms with Gasteiger partial charge in [0.1, 0.15) is 0 Å². The van der Waals surface area contributed by atoms with Crippen molar-refractivity contribution >= 4 is 11.6 Å². The van der Waals surface area contributed by atoms with Gasteiger partial charge < -0.3 is 10.8 Å². The molecule has 3 nitrogen and oxygen atoms in total. The number of halogens is 1. The van der Waals surface area contributed by atoms with Gasteiger partial charge in [-0.3, -0.25) is 0 Å². The van der Waals surface area contributed by atoms with E-state index in [2.05, 4.69) is 0 Å². The van der Waals surface area contributed by atoms with E-state index >= 15 is 0 Å². The molecule has 0 aliphatic carbocycles. The van der Waals surface area contributed by atoms with Crippen LogP contribution in [0.4, 0.5) is 0 Å². The van der Waals surface area contributed by atoms with Crippen LogP contribution in [0, 0.1) is 11.3 Å². The van der Waals surface area contributed by atoms with Crippen LogP contribution in [-0.4, -0.2) is 11.2 Å². The third kappa shape index (κ3) is 2.24. The highest BCUT2D eigenvalue weighted by Gasteiger charge is 2.15. The normalized spacial score (nSPS) is 14.5.